The van der Waals surface area contributed by atoms with E-state index in [9.17, 15) is 9.59 Å². The van der Waals surface area contributed by atoms with Gasteiger partial charge >= 0.3 is 6.03 Å². The van der Waals surface area contributed by atoms with Gasteiger partial charge in [-0.15, -0.1) is 0 Å². The van der Waals surface area contributed by atoms with Gasteiger partial charge in [0.05, 0.1) is 30.7 Å². The van der Waals surface area contributed by atoms with Gasteiger partial charge < -0.3 is 30.1 Å². The van der Waals surface area contributed by atoms with Crippen molar-refractivity contribution in [3.05, 3.63) is 72.4 Å². The zero-order chi connectivity index (χ0) is 28.8. The second kappa shape index (κ2) is 12.5. The van der Waals surface area contributed by atoms with E-state index in [1.54, 1.807) is 31.3 Å². The maximum atomic E-state index is 13.1. The van der Waals surface area contributed by atoms with Crippen LogP contribution < -0.4 is 25.2 Å². The summed E-state index contributed by atoms with van der Waals surface area (Å²) in [4.78, 5) is 42.0. The van der Waals surface area contributed by atoms with Crippen molar-refractivity contribution in [1.82, 2.24) is 19.8 Å². The highest BCUT2D eigenvalue weighted by molar-refractivity contribution is 6.02. The van der Waals surface area contributed by atoms with Crippen molar-refractivity contribution in [2.45, 2.75) is 13.1 Å². The molecular formula is C29H36N8O3. The molecule has 0 unspecified atom stereocenters. The fourth-order valence-electron chi connectivity index (χ4n) is 4.39. The third-order valence-electron chi connectivity index (χ3n) is 6.60. The summed E-state index contributed by atoms with van der Waals surface area (Å²) >= 11 is 0. The van der Waals surface area contributed by atoms with Crippen molar-refractivity contribution in [2.24, 2.45) is 0 Å². The number of urea groups is 1. The standard InChI is InChI=1S/C29H36N8O3/c1-7-26(38)31-22-15-23(25(40-6)16-24(22)35(4)14-13-34(2)3)32-28-30-17-21-19-37(18-20-11-9-8-10-12-20)29(39)36(5)27(21)33-28/h7-12,15-17H,1,13-14,18-19H2,2-6H3,(H,31,38)(H,30,32,33). The van der Waals surface area contributed by atoms with Gasteiger partial charge in [-0.1, -0.05) is 36.9 Å². The molecule has 3 aromatic rings. The van der Waals surface area contributed by atoms with Crippen LogP contribution in [0, 0.1) is 0 Å². The largest absolute Gasteiger partial charge is 0.494 e. The third-order valence-corrected chi connectivity index (χ3v) is 6.60. The summed E-state index contributed by atoms with van der Waals surface area (Å²) in [5.41, 5.74) is 3.81. The fourth-order valence-corrected chi connectivity index (χ4v) is 4.39. The lowest BCUT2D eigenvalue weighted by molar-refractivity contribution is -0.111. The Hall–Kier alpha value is -4.64. The molecule has 2 aromatic carbocycles. The number of amides is 3. The highest BCUT2D eigenvalue weighted by Gasteiger charge is 2.30. The lowest BCUT2D eigenvalue weighted by Crippen LogP contribution is -2.45. The molecule has 210 valence electrons. The minimum Gasteiger partial charge on any atom is -0.494 e. The Bertz CT molecular complexity index is 1380. The molecule has 1 aliphatic heterocycles. The van der Waals surface area contributed by atoms with Gasteiger partial charge in [0, 0.05) is 51.6 Å². The van der Waals surface area contributed by atoms with Crippen molar-refractivity contribution in [3.8, 4) is 5.75 Å². The van der Waals surface area contributed by atoms with Crippen molar-refractivity contribution in [3.63, 3.8) is 0 Å². The average molecular weight is 545 g/mol. The number of nitrogens with zero attached hydrogens (tertiary/aromatic N) is 6. The Balaban J connectivity index is 1.61. The van der Waals surface area contributed by atoms with Crippen LogP contribution in [0.1, 0.15) is 11.1 Å². The predicted octanol–water partition coefficient (Wildman–Crippen LogP) is 3.92. The maximum Gasteiger partial charge on any atom is 0.326 e. The van der Waals surface area contributed by atoms with Crippen LogP contribution in [0.2, 0.25) is 0 Å². The first-order valence-corrected chi connectivity index (χ1v) is 12.9. The van der Waals surface area contributed by atoms with Crippen molar-refractivity contribution in [1.29, 1.82) is 0 Å². The molecule has 1 aliphatic rings. The van der Waals surface area contributed by atoms with Gasteiger partial charge in [-0.3, -0.25) is 9.69 Å². The topological polar surface area (TPSA) is 106 Å². The number of hydrogen-bond acceptors (Lipinski definition) is 8. The number of benzene rings is 2. The molecule has 3 amide bonds. The van der Waals surface area contributed by atoms with Gasteiger partial charge in [0.2, 0.25) is 11.9 Å². The Morgan fingerprint density at radius 3 is 2.58 bits per heavy atom. The van der Waals surface area contributed by atoms with Crippen LogP contribution in [0.3, 0.4) is 0 Å². The van der Waals surface area contributed by atoms with Gasteiger partial charge in [0.25, 0.3) is 0 Å². The number of nitrogens with one attached hydrogen (secondary N) is 2. The Labute approximate surface area is 235 Å². The molecule has 0 atom stereocenters. The maximum absolute atomic E-state index is 13.1. The molecule has 1 aromatic heterocycles. The summed E-state index contributed by atoms with van der Waals surface area (Å²) in [5.74, 6) is 1.04. The van der Waals surface area contributed by atoms with E-state index >= 15 is 0 Å². The molecule has 11 nitrogen and oxygen atoms in total. The molecule has 40 heavy (non-hydrogen) atoms. The zero-order valence-corrected chi connectivity index (χ0v) is 23.6. The van der Waals surface area contributed by atoms with E-state index in [-0.39, 0.29) is 11.9 Å². The van der Waals surface area contributed by atoms with Crippen LogP contribution in [-0.2, 0) is 17.9 Å². The van der Waals surface area contributed by atoms with Crippen molar-refractivity contribution >= 4 is 40.8 Å². The van der Waals surface area contributed by atoms with Crippen LogP contribution >= 0.6 is 0 Å². The second-order valence-electron chi connectivity index (χ2n) is 9.84. The van der Waals surface area contributed by atoms with Crippen LogP contribution in [0.25, 0.3) is 0 Å². The molecule has 0 bridgehead atoms. The quantitative estimate of drug-likeness (QED) is 0.350. The van der Waals surface area contributed by atoms with Gasteiger partial charge in [-0.2, -0.15) is 4.98 Å². The van der Waals surface area contributed by atoms with Gasteiger partial charge in [-0.25, -0.2) is 9.78 Å². The second-order valence-corrected chi connectivity index (χ2v) is 9.84. The number of aromatic nitrogens is 2. The number of likely N-dealkylation sites (N-methyl/N-ethyl adjacent to an activating group) is 2. The fraction of sp³-hybridized carbons (Fsp3) is 0.310. The molecular weight excluding hydrogens is 508 g/mol. The van der Waals surface area contributed by atoms with Gasteiger partial charge in [-0.05, 0) is 31.8 Å². The van der Waals surface area contributed by atoms with E-state index in [0.717, 1.165) is 29.9 Å². The van der Waals surface area contributed by atoms with E-state index in [2.05, 4.69) is 32.1 Å². The molecule has 0 saturated carbocycles. The van der Waals surface area contributed by atoms with E-state index in [1.807, 2.05) is 62.4 Å². The summed E-state index contributed by atoms with van der Waals surface area (Å²) in [5, 5.41) is 6.09. The first-order chi connectivity index (χ1) is 19.2. The lowest BCUT2D eigenvalue weighted by atomic mass is 10.1. The van der Waals surface area contributed by atoms with Crippen LogP contribution in [-0.4, -0.2) is 80.1 Å². The van der Waals surface area contributed by atoms with Gasteiger partial charge in [0.1, 0.15) is 11.6 Å². The minimum absolute atomic E-state index is 0.141. The minimum atomic E-state index is -0.330. The number of carbonyl (C=O) groups excluding carboxylic acids is 2. The lowest BCUT2D eigenvalue weighted by Gasteiger charge is -2.34. The Kier molecular flexibility index (Phi) is 8.85. The third kappa shape index (κ3) is 6.49. The zero-order valence-electron chi connectivity index (χ0n) is 23.6. The van der Waals surface area contributed by atoms with Crippen molar-refractivity contribution in [2.75, 3.05) is 68.8 Å². The molecule has 0 saturated heterocycles. The molecule has 2 heterocycles. The molecule has 0 radical (unpaired) electrons. The molecule has 4 rings (SSSR count). The summed E-state index contributed by atoms with van der Waals surface area (Å²) in [6, 6.07) is 13.4. The number of rotatable bonds is 11. The molecule has 0 fully saturated rings. The monoisotopic (exact) mass is 544 g/mol. The van der Waals surface area contributed by atoms with Gasteiger partial charge in [0.15, 0.2) is 0 Å². The number of anilines is 5. The van der Waals surface area contributed by atoms with E-state index < -0.39 is 0 Å². The summed E-state index contributed by atoms with van der Waals surface area (Å²) in [7, 11) is 9.25. The molecule has 0 spiro atoms. The number of ether oxygens (including phenoxy) is 1. The normalized spacial score (nSPS) is 12.7. The number of hydrogen-bond donors (Lipinski definition) is 2. The number of methoxy groups -OCH3 is 1. The van der Waals surface area contributed by atoms with Crippen molar-refractivity contribution < 1.29 is 14.3 Å². The summed E-state index contributed by atoms with van der Waals surface area (Å²) in [6.07, 6.45) is 2.95. The number of carbonyl (C=O) groups is 2. The van der Waals surface area contributed by atoms with Crippen LogP contribution in [0.4, 0.5) is 33.6 Å². The van der Waals surface area contributed by atoms with Crippen LogP contribution in [0.15, 0.2) is 61.3 Å². The SMILES string of the molecule is C=CC(=O)Nc1cc(Nc2ncc3c(n2)N(C)C(=O)N(Cc2ccccc2)C3)c(OC)cc1N(C)CCN(C)C. The Morgan fingerprint density at radius 2 is 1.90 bits per heavy atom. The Morgan fingerprint density at radius 1 is 1.15 bits per heavy atom. The molecule has 2 N–H and O–H groups in total. The predicted molar refractivity (Wildman–Crippen MR) is 158 cm³/mol. The first kappa shape index (κ1) is 28.4. The molecule has 0 aliphatic carbocycles. The highest BCUT2D eigenvalue weighted by atomic mass is 16.5. The molecule has 11 heteroatoms. The first-order valence-electron chi connectivity index (χ1n) is 12.9. The summed E-state index contributed by atoms with van der Waals surface area (Å²) < 4.78 is 5.68. The smallest absolute Gasteiger partial charge is 0.326 e. The van der Waals surface area contributed by atoms with E-state index in [1.165, 1.54) is 11.0 Å². The van der Waals surface area contributed by atoms with E-state index in [4.69, 9.17) is 4.74 Å². The van der Waals surface area contributed by atoms with Crippen LogP contribution in [0.5, 0.6) is 5.75 Å². The summed E-state index contributed by atoms with van der Waals surface area (Å²) in [6.45, 7) is 6.03. The number of fused-ring (bicyclic) bond motifs is 1. The highest BCUT2D eigenvalue weighted by Crippen LogP contribution is 2.38. The average Bonchev–Trinajstić information content (AvgIpc) is 2.95. The van der Waals surface area contributed by atoms with E-state index in [0.29, 0.717) is 42.0 Å².